The van der Waals surface area contributed by atoms with Gasteiger partial charge < -0.3 is 9.84 Å². The Bertz CT molecular complexity index is 1640. The highest BCUT2D eigenvalue weighted by Gasteiger charge is 2.48. The van der Waals surface area contributed by atoms with E-state index in [0.717, 1.165) is 10.3 Å². The standard InChI is InChI=1S/C27H21N3O6S/c1-14-7-9-19-21(11-14)37-27(28-19)29-23(16-5-4-6-18(13-16)30(34)35)22(25(32)26(29)33)24(31)17-8-10-20(36-3)15(2)12-17/h4-13,23,31H,1-3H3/b24-22+. The molecule has 10 heteroatoms. The molecule has 1 aromatic heterocycles. The summed E-state index contributed by atoms with van der Waals surface area (Å²) in [5.41, 5.74) is 2.61. The molecule has 1 amide bonds. The van der Waals surface area contributed by atoms with Crippen LogP contribution in [0.3, 0.4) is 0 Å². The van der Waals surface area contributed by atoms with Crippen LogP contribution in [0.1, 0.15) is 28.3 Å². The number of aliphatic hydroxyl groups is 1. The molecule has 1 unspecified atom stereocenters. The summed E-state index contributed by atoms with van der Waals surface area (Å²) in [6.07, 6.45) is 0. The third-order valence-corrected chi connectivity index (χ3v) is 7.27. The van der Waals surface area contributed by atoms with Crippen molar-refractivity contribution in [1.29, 1.82) is 0 Å². The lowest BCUT2D eigenvalue weighted by Gasteiger charge is -2.23. The molecule has 1 fully saturated rings. The maximum absolute atomic E-state index is 13.4. The van der Waals surface area contributed by atoms with Gasteiger partial charge in [0.2, 0.25) is 0 Å². The SMILES string of the molecule is COc1ccc(/C(O)=C2\C(=O)C(=O)N(c3nc4ccc(C)cc4s3)C2c2cccc([N+](=O)[O-])c2)cc1C. The second-order valence-corrected chi connectivity index (χ2v) is 9.68. The molecule has 1 saturated heterocycles. The summed E-state index contributed by atoms with van der Waals surface area (Å²) in [6, 6.07) is 15.1. The maximum Gasteiger partial charge on any atom is 0.301 e. The first-order valence-corrected chi connectivity index (χ1v) is 12.1. The molecular formula is C27H21N3O6S. The number of ether oxygens (including phenoxy) is 1. The Morgan fingerprint density at radius 2 is 1.89 bits per heavy atom. The van der Waals surface area contributed by atoms with Crippen LogP contribution in [0.2, 0.25) is 0 Å². The Hall–Kier alpha value is -4.57. The van der Waals surface area contributed by atoms with Crippen LogP contribution < -0.4 is 9.64 Å². The highest BCUT2D eigenvalue weighted by Crippen LogP contribution is 2.45. The van der Waals surface area contributed by atoms with Gasteiger partial charge in [-0.1, -0.05) is 29.5 Å². The van der Waals surface area contributed by atoms with E-state index >= 15 is 0 Å². The predicted molar refractivity (Wildman–Crippen MR) is 140 cm³/mol. The molecular weight excluding hydrogens is 494 g/mol. The van der Waals surface area contributed by atoms with Gasteiger partial charge in [0.1, 0.15) is 11.5 Å². The Morgan fingerprint density at radius 1 is 1.11 bits per heavy atom. The molecule has 0 radical (unpaired) electrons. The van der Waals surface area contributed by atoms with Gasteiger partial charge in [-0.3, -0.25) is 24.6 Å². The van der Waals surface area contributed by atoms with E-state index < -0.39 is 22.7 Å². The quantitative estimate of drug-likeness (QED) is 0.123. The summed E-state index contributed by atoms with van der Waals surface area (Å²) in [6.45, 7) is 3.72. The zero-order chi connectivity index (χ0) is 26.4. The molecule has 0 bridgehead atoms. The van der Waals surface area contributed by atoms with Crippen LogP contribution in [-0.2, 0) is 9.59 Å². The van der Waals surface area contributed by atoms with Gasteiger partial charge in [0, 0.05) is 17.7 Å². The number of nitro benzene ring substituents is 1. The normalized spacial score (nSPS) is 16.9. The molecule has 0 saturated carbocycles. The van der Waals surface area contributed by atoms with Crippen molar-refractivity contribution in [2.24, 2.45) is 0 Å². The Morgan fingerprint density at radius 3 is 2.59 bits per heavy atom. The smallest absolute Gasteiger partial charge is 0.301 e. The van der Waals surface area contributed by atoms with Crippen molar-refractivity contribution in [3.8, 4) is 5.75 Å². The molecule has 1 N–H and O–H groups in total. The fourth-order valence-electron chi connectivity index (χ4n) is 4.46. The predicted octanol–water partition coefficient (Wildman–Crippen LogP) is 5.46. The maximum atomic E-state index is 13.4. The molecule has 1 atom stereocenters. The molecule has 1 aliphatic rings. The topological polar surface area (TPSA) is 123 Å². The molecule has 3 aromatic carbocycles. The van der Waals surface area contributed by atoms with Crippen LogP contribution in [0.5, 0.6) is 5.75 Å². The molecule has 9 nitrogen and oxygen atoms in total. The van der Waals surface area contributed by atoms with Crippen LogP contribution in [0.25, 0.3) is 16.0 Å². The fraction of sp³-hybridized carbons (Fsp3) is 0.148. The Kier molecular flexibility index (Phi) is 5.96. The number of carbonyl (C=O) groups is 2. The number of anilines is 1. The molecule has 37 heavy (non-hydrogen) atoms. The summed E-state index contributed by atoms with van der Waals surface area (Å²) < 4.78 is 6.10. The number of aryl methyl sites for hydroxylation is 2. The average Bonchev–Trinajstić information content (AvgIpc) is 3.41. The number of ketones is 1. The molecule has 0 spiro atoms. The first-order chi connectivity index (χ1) is 17.7. The second kappa shape index (κ2) is 9.14. The van der Waals surface area contributed by atoms with Crippen molar-refractivity contribution in [3.63, 3.8) is 0 Å². The lowest BCUT2D eigenvalue weighted by Crippen LogP contribution is -2.29. The second-order valence-electron chi connectivity index (χ2n) is 8.67. The molecule has 1 aliphatic heterocycles. The van der Waals surface area contributed by atoms with Gasteiger partial charge >= 0.3 is 5.91 Å². The van der Waals surface area contributed by atoms with E-state index in [4.69, 9.17) is 4.74 Å². The van der Waals surface area contributed by atoms with E-state index in [0.29, 0.717) is 28.0 Å². The Labute approximate surface area is 215 Å². The van der Waals surface area contributed by atoms with Crippen LogP contribution >= 0.6 is 11.3 Å². The van der Waals surface area contributed by atoms with Crippen molar-refractivity contribution in [1.82, 2.24) is 4.98 Å². The molecule has 2 heterocycles. The highest BCUT2D eigenvalue weighted by atomic mass is 32.1. The fourth-order valence-corrected chi connectivity index (χ4v) is 5.55. The monoisotopic (exact) mass is 515 g/mol. The largest absolute Gasteiger partial charge is 0.507 e. The van der Waals surface area contributed by atoms with Crippen LogP contribution in [0.15, 0.2) is 66.2 Å². The lowest BCUT2D eigenvalue weighted by atomic mass is 9.94. The van der Waals surface area contributed by atoms with Crippen LogP contribution in [0.4, 0.5) is 10.8 Å². The van der Waals surface area contributed by atoms with Gasteiger partial charge in [-0.15, -0.1) is 0 Å². The van der Waals surface area contributed by atoms with Crippen molar-refractivity contribution >= 4 is 49.8 Å². The van der Waals surface area contributed by atoms with E-state index in [2.05, 4.69) is 4.98 Å². The van der Waals surface area contributed by atoms with Gasteiger partial charge in [-0.2, -0.15) is 0 Å². The van der Waals surface area contributed by atoms with Crippen molar-refractivity contribution in [2.45, 2.75) is 19.9 Å². The third kappa shape index (κ3) is 4.11. The van der Waals surface area contributed by atoms with E-state index in [1.54, 1.807) is 31.2 Å². The number of hydrogen-bond acceptors (Lipinski definition) is 8. The number of hydrogen-bond donors (Lipinski definition) is 1. The number of non-ortho nitro benzene ring substituents is 1. The van der Waals surface area contributed by atoms with E-state index in [9.17, 15) is 24.8 Å². The van der Waals surface area contributed by atoms with Crippen LogP contribution in [-0.4, -0.2) is 33.8 Å². The zero-order valence-electron chi connectivity index (χ0n) is 20.1. The summed E-state index contributed by atoms with van der Waals surface area (Å²) in [5, 5.41) is 23.1. The molecule has 186 valence electrons. The minimum Gasteiger partial charge on any atom is -0.507 e. The third-order valence-electron chi connectivity index (χ3n) is 6.25. The number of Topliss-reactive ketones (excluding diaryl/α,β-unsaturated/α-hetero) is 1. The first-order valence-electron chi connectivity index (χ1n) is 11.3. The van der Waals surface area contributed by atoms with Gasteiger partial charge in [0.25, 0.3) is 11.5 Å². The number of aromatic nitrogens is 1. The zero-order valence-corrected chi connectivity index (χ0v) is 20.9. The molecule has 0 aliphatic carbocycles. The molecule has 4 aromatic rings. The van der Waals surface area contributed by atoms with Gasteiger partial charge in [0.15, 0.2) is 5.13 Å². The first kappa shape index (κ1) is 24.1. The summed E-state index contributed by atoms with van der Waals surface area (Å²) >= 11 is 1.23. The van der Waals surface area contributed by atoms with Gasteiger partial charge in [0.05, 0.1) is 33.9 Å². The number of rotatable bonds is 5. The van der Waals surface area contributed by atoms with Gasteiger partial charge in [-0.25, -0.2) is 4.98 Å². The van der Waals surface area contributed by atoms with Crippen molar-refractivity contribution < 1.29 is 24.4 Å². The average molecular weight is 516 g/mol. The number of amides is 1. The minimum atomic E-state index is -1.12. The summed E-state index contributed by atoms with van der Waals surface area (Å²) in [4.78, 5) is 43.5. The van der Waals surface area contributed by atoms with Gasteiger partial charge in [-0.05, 0) is 60.9 Å². The number of nitro groups is 1. The number of nitrogens with zero attached hydrogens (tertiary/aromatic N) is 3. The number of benzene rings is 3. The highest BCUT2D eigenvalue weighted by molar-refractivity contribution is 7.22. The number of carbonyl (C=O) groups excluding carboxylic acids is 2. The van der Waals surface area contributed by atoms with Crippen molar-refractivity contribution in [2.75, 3.05) is 12.0 Å². The van der Waals surface area contributed by atoms with E-state index in [-0.39, 0.29) is 22.2 Å². The minimum absolute atomic E-state index is 0.175. The van der Waals surface area contributed by atoms with Crippen LogP contribution in [0, 0.1) is 24.0 Å². The van der Waals surface area contributed by atoms with E-state index in [1.165, 1.54) is 41.5 Å². The summed E-state index contributed by atoms with van der Waals surface area (Å²) in [7, 11) is 1.52. The summed E-state index contributed by atoms with van der Waals surface area (Å²) in [5.74, 6) is -1.57. The Balaban J connectivity index is 1.75. The molecule has 5 rings (SSSR count). The number of thiazole rings is 1. The number of fused-ring (bicyclic) bond motifs is 1. The lowest BCUT2D eigenvalue weighted by molar-refractivity contribution is -0.384. The van der Waals surface area contributed by atoms with E-state index in [1.807, 2.05) is 25.1 Å². The van der Waals surface area contributed by atoms with Crippen molar-refractivity contribution in [3.05, 3.63) is 98.6 Å². The number of methoxy groups -OCH3 is 1. The number of aliphatic hydroxyl groups excluding tert-OH is 1.